The maximum atomic E-state index is 13.0. The largest absolute Gasteiger partial charge is 0.497 e. The van der Waals surface area contributed by atoms with Crippen LogP contribution in [0.1, 0.15) is 42.3 Å². The summed E-state index contributed by atoms with van der Waals surface area (Å²) >= 11 is 0. The van der Waals surface area contributed by atoms with Gasteiger partial charge in [0.1, 0.15) is 34.5 Å². The van der Waals surface area contributed by atoms with Crippen LogP contribution in [0.4, 0.5) is 4.79 Å². The average molecular weight is 411 g/mol. The molecule has 2 amide bonds. The monoisotopic (exact) mass is 411 g/mol. The van der Waals surface area contributed by atoms with Crippen LogP contribution in [0.25, 0.3) is 0 Å². The third kappa shape index (κ3) is 4.94. The van der Waals surface area contributed by atoms with Crippen molar-refractivity contribution in [2.75, 3.05) is 14.2 Å². The molecule has 2 aromatic carbocycles. The van der Waals surface area contributed by atoms with Gasteiger partial charge >= 0.3 is 12.0 Å². The van der Waals surface area contributed by atoms with E-state index in [2.05, 4.69) is 5.11 Å². The molecule has 2 aromatic rings. The highest BCUT2D eigenvalue weighted by molar-refractivity contribution is 5.94. The summed E-state index contributed by atoms with van der Waals surface area (Å²) in [5, 5.41) is 7.22. The molecule has 1 aliphatic heterocycles. The van der Waals surface area contributed by atoms with E-state index >= 15 is 0 Å². The van der Waals surface area contributed by atoms with Gasteiger partial charge in [-0.25, -0.2) is 4.79 Å². The molecule has 8 nitrogen and oxygen atoms in total. The van der Waals surface area contributed by atoms with Crippen molar-refractivity contribution in [1.29, 1.82) is 0 Å². The van der Waals surface area contributed by atoms with Gasteiger partial charge in [0.2, 0.25) is 0 Å². The van der Waals surface area contributed by atoms with Crippen molar-refractivity contribution in [3.8, 4) is 5.75 Å². The van der Waals surface area contributed by atoms with E-state index in [1.165, 1.54) is 9.92 Å². The lowest BCUT2D eigenvalue weighted by Gasteiger charge is -2.20. The Morgan fingerprint density at radius 3 is 2.43 bits per heavy atom. The molecule has 158 valence electrons. The first-order valence-electron chi connectivity index (χ1n) is 9.66. The molecule has 0 aliphatic carbocycles. The van der Waals surface area contributed by atoms with Crippen LogP contribution in [0.3, 0.4) is 0 Å². The number of nitrogens with zero attached hydrogens (tertiary/aromatic N) is 4. The van der Waals surface area contributed by atoms with E-state index in [9.17, 15) is 9.59 Å². The number of amides is 2. The molecule has 0 atom stereocenters. The molecule has 3 rings (SSSR count). The highest BCUT2D eigenvalue weighted by atomic mass is 16.6. The summed E-state index contributed by atoms with van der Waals surface area (Å²) < 4.78 is 10.6. The maximum Gasteiger partial charge on any atom is 0.497 e. The van der Waals surface area contributed by atoms with E-state index in [1.807, 2.05) is 47.5 Å². The fourth-order valence-corrected chi connectivity index (χ4v) is 3.12. The van der Waals surface area contributed by atoms with Crippen molar-refractivity contribution in [3.05, 3.63) is 65.2 Å². The molecule has 1 aliphatic rings. The Morgan fingerprint density at radius 2 is 1.80 bits per heavy atom. The summed E-state index contributed by atoms with van der Waals surface area (Å²) in [5.74, 6) is 0.498. The third-order valence-corrected chi connectivity index (χ3v) is 4.50. The van der Waals surface area contributed by atoms with Gasteiger partial charge in [-0.3, -0.25) is 4.79 Å². The standard InChI is InChI=1S/C22H27N4O4/c1-22(2,3)30-21(28)23-26-24(4)20(27)19-9-7-6-8-17(19)15-25(26)14-16-10-12-18(29-5)13-11-16/h6-13H,14-15H2,1-5H3/q+1/b26-23+. The molecule has 0 spiro atoms. The van der Waals surface area contributed by atoms with E-state index in [-0.39, 0.29) is 5.91 Å². The Balaban J connectivity index is 2.00. The molecule has 0 unspecified atom stereocenters. The van der Waals surface area contributed by atoms with E-state index in [4.69, 9.17) is 9.47 Å². The van der Waals surface area contributed by atoms with Crippen LogP contribution in [0, 0.1) is 0 Å². The van der Waals surface area contributed by atoms with Gasteiger partial charge in [0.05, 0.1) is 19.7 Å². The van der Waals surface area contributed by atoms with Crippen molar-refractivity contribution in [2.24, 2.45) is 5.11 Å². The number of carbonyl (C=O) groups is 2. The van der Waals surface area contributed by atoms with Crippen LogP contribution in [-0.2, 0) is 17.8 Å². The topological polar surface area (TPSA) is 74.5 Å². The van der Waals surface area contributed by atoms with E-state index in [1.54, 1.807) is 41.0 Å². The van der Waals surface area contributed by atoms with Crippen molar-refractivity contribution in [3.63, 3.8) is 0 Å². The van der Waals surface area contributed by atoms with E-state index in [0.717, 1.165) is 16.9 Å². The minimum atomic E-state index is -0.771. The fraction of sp³-hybridized carbons (Fsp3) is 0.364. The van der Waals surface area contributed by atoms with Crippen LogP contribution in [0.15, 0.2) is 53.6 Å². The fourth-order valence-electron chi connectivity index (χ4n) is 3.12. The normalized spacial score (nSPS) is 15.6. The van der Waals surface area contributed by atoms with Crippen molar-refractivity contribution < 1.29 is 24.0 Å². The predicted octanol–water partition coefficient (Wildman–Crippen LogP) is 4.01. The Morgan fingerprint density at radius 1 is 1.13 bits per heavy atom. The van der Waals surface area contributed by atoms with Crippen LogP contribution in [0.5, 0.6) is 5.75 Å². The number of hydrazine groups is 2. The highest BCUT2D eigenvalue weighted by Gasteiger charge is 2.37. The second kappa shape index (κ2) is 8.52. The Bertz CT molecular complexity index is 964. The summed E-state index contributed by atoms with van der Waals surface area (Å²) in [6, 6.07) is 15.0. The molecule has 0 bridgehead atoms. The van der Waals surface area contributed by atoms with Crippen LogP contribution < -0.4 is 4.74 Å². The van der Waals surface area contributed by atoms with Gasteiger partial charge in [0, 0.05) is 0 Å². The lowest BCUT2D eigenvalue weighted by Crippen LogP contribution is -2.44. The zero-order chi connectivity index (χ0) is 21.9. The van der Waals surface area contributed by atoms with Gasteiger partial charge in [-0.05, 0) is 50.1 Å². The van der Waals surface area contributed by atoms with Crippen LogP contribution >= 0.6 is 0 Å². The number of hydrogen-bond acceptors (Lipinski definition) is 4. The molecule has 1 heterocycles. The smallest absolute Gasteiger partial charge is 0.497 e. The minimum Gasteiger partial charge on any atom is -0.497 e. The number of carbonyl (C=O) groups excluding carboxylic acids is 2. The molecular weight excluding hydrogens is 384 g/mol. The van der Waals surface area contributed by atoms with Crippen LogP contribution in [0.2, 0.25) is 0 Å². The van der Waals surface area contributed by atoms with Gasteiger partial charge in [-0.15, -0.1) is 5.01 Å². The Hall–Kier alpha value is -3.42. The summed E-state index contributed by atoms with van der Waals surface area (Å²) in [7, 11) is 3.20. The van der Waals surface area contributed by atoms with Crippen molar-refractivity contribution in [2.45, 2.75) is 39.5 Å². The average Bonchev–Trinajstić information content (AvgIpc) is 2.78. The second-order valence-electron chi connectivity index (χ2n) is 8.01. The lowest BCUT2D eigenvalue weighted by molar-refractivity contribution is -0.844. The molecular formula is C22H27N4O4+. The van der Waals surface area contributed by atoms with Gasteiger partial charge in [-0.2, -0.15) is 0 Å². The van der Waals surface area contributed by atoms with E-state index in [0.29, 0.717) is 18.7 Å². The zero-order valence-electron chi connectivity index (χ0n) is 18.0. The van der Waals surface area contributed by atoms with Crippen molar-refractivity contribution in [1.82, 2.24) is 10.0 Å². The molecule has 0 fully saturated rings. The number of rotatable bonds is 3. The van der Waals surface area contributed by atoms with E-state index < -0.39 is 11.7 Å². The maximum absolute atomic E-state index is 13.0. The Labute approximate surface area is 176 Å². The number of hydrogen-bond donors (Lipinski definition) is 0. The molecule has 0 aromatic heterocycles. The van der Waals surface area contributed by atoms with Gasteiger partial charge < -0.3 is 9.47 Å². The minimum absolute atomic E-state index is 0.255. The third-order valence-electron chi connectivity index (χ3n) is 4.50. The Kier molecular flexibility index (Phi) is 6.05. The van der Waals surface area contributed by atoms with Crippen LogP contribution in [-0.4, -0.2) is 46.7 Å². The summed E-state index contributed by atoms with van der Waals surface area (Å²) in [5.41, 5.74) is 1.70. The molecule has 8 heteroatoms. The summed E-state index contributed by atoms with van der Waals surface area (Å²) in [6.07, 6.45) is -0.771. The predicted molar refractivity (Wildman–Crippen MR) is 110 cm³/mol. The molecule has 0 N–H and O–H groups in total. The first kappa shape index (κ1) is 21.3. The highest BCUT2D eigenvalue weighted by Crippen LogP contribution is 2.22. The molecule has 0 saturated carbocycles. The summed E-state index contributed by atoms with van der Waals surface area (Å²) in [4.78, 5) is 26.8. The number of methoxy groups -OCH3 is 1. The van der Waals surface area contributed by atoms with Gasteiger partial charge in [0.25, 0.3) is 0 Å². The first-order valence-corrected chi connectivity index (χ1v) is 9.66. The summed E-state index contributed by atoms with van der Waals surface area (Å²) in [6.45, 7) is 6.11. The number of fused-ring (bicyclic) bond motifs is 1. The molecule has 0 radical (unpaired) electrons. The van der Waals surface area contributed by atoms with Crippen molar-refractivity contribution >= 4 is 12.0 Å². The zero-order valence-corrected chi connectivity index (χ0v) is 18.0. The number of ether oxygens (including phenoxy) is 2. The second-order valence-corrected chi connectivity index (χ2v) is 8.01. The lowest BCUT2D eigenvalue weighted by atomic mass is 10.1. The van der Waals surface area contributed by atoms with Gasteiger partial charge in [0.15, 0.2) is 0 Å². The SMILES string of the molecule is COc1ccc(CN2Cc3ccccc3C(=O)N(C)/[N+]2=N\C(=O)OC(C)(C)C)cc1. The quantitative estimate of drug-likeness (QED) is 0.714. The number of benzene rings is 2. The first-order chi connectivity index (χ1) is 14.2. The molecule has 30 heavy (non-hydrogen) atoms. The molecule has 0 saturated heterocycles. The van der Waals surface area contributed by atoms with Gasteiger partial charge in [-0.1, -0.05) is 35.3 Å².